The van der Waals surface area contributed by atoms with Gasteiger partial charge in [-0.1, -0.05) is 18.5 Å². The molecule has 0 saturated heterocycles. The average molecular weight is 580 g/mol. The van der Waals surface area contributed by atoms with E-state index in [1.54, 1.807) is 24.5 Å². The monoisotopic (exact) mass is 579 g/mol. The lowest BCUT2D eigenvalue weighted by atomic mass is 9.81. The van der Waals surface area contributed by atoms with E-state index < -0.39 is 23.3 Å². The number of cyclic esters (lactones) is 1. The lowest BCUT2D eigenvalue weighted by molar-refractivity contribution is -0.172. The predicted molar refractivity (Wildman–Crippen MR) is 154 cm³/mol. The minimum Gasteiger partial charge on any atom is -0.458 e. The van der Waals surface area contributed by atoms with E-state index >= 15 is 0 Å². The summed E-state index contributed by atoms with van der Waals surface area (Å²) in [5.74, 6) is -0.984. The molecule has 10 heteroatoms. The molecule has 2 aliphatic heterocycles. The van der Waals surface area contributed by atoms with Crippen LogP contribution in [0.15, 0.2) is 16.9 Å². The van der Waals surface area contributed by atoms with Gasteiger partial charge in [-0.05, 0) is 82.7 Å². The van der Waals surface area contributed by atoms with Crippen LogP contribution < -0.4 is 10.9 Å². The Morgan fingerprint density at radius 3 is 2.71 bits per heavy atom. The third kappa shape index (κ3) is 4.20. The molecule has 1 aromatic carbocycles. The van der Waals surface area contributed by atoms with Crippen molar-refractivity contribution >= 4 is 34.4 Å². The molecule has 41 heavy (non-hydrogen) atoms. The molecule has 0 unspecified atom stereocenters. The van der Waals surface area contributed by atoms with Crippen LogP contribution in [0.1, 0.15) is 86.9 Å². The van der Waals surface area contributed by atoms with Gasteiger partial charge in [0.05, 0.1) is 40.7 Å². The molecule has 0 spiro atoms. The Morgan fingerprint density at radius 2 is 2.02 bits per heavy atom. The minimum atomic E-state index is -1.91. The van der Waals surface area contributed by atoms with Crippen LogP contribution in [-0.2, 0) is 44.2 Å². The van der Waals surface area contributed by atoms with Crippen molar-refractivity contribution in [3.05, 3.63) is 60.9 Å². The number of aryl methyl sites for hydroxylation is 1. The molecule has 0 bridgehead atoms. The SMILES string of the molecule is CC[C@@]1(O)C(=O)OCc2c1cc1n(c2=O)Cc2c-1nc1cc(Cl)c(C)c3c1c2[C@@H](NC(=O)[C@@H](C)OC(C)(C)C)CC3. The number of amides is 1. The zero-order valence-corrected chi connectivity index (χ0v) is 24.9. The molecule has 3 aliphatic rings. The van der Waals surface area contributed by atoms with E-state index in [1.165, 1.54) is 0 Å². The number of ether oxygens (including phenoxy) is 2. The fraction of sp³-hybridized carbons (Fsp3) is 0.484. The maximum atomic E-state index is 13.8. The van der Waals surface area contributed by atoms with Gasteiger partial charge in [0.15, 0.2) is 5.60 Å². The number of rotatable bonds is 4. The summed E-state index contributed by atoms with van der Waals surface area (Å²) in [6, 6.07) is 3.19. The van der Waals surface area contributed by atoms with Gasteiger partial charge in [-0.3, -0.25) is 9.59 Å². The van der Waals surface area contributed by atoms with E-state index in [4.69, 9.17) is 26.1 Å². The van der Waals surface area contributed by atoms with E-state index in [1.807, 2.05) is 33.8 Å². The Morgan fingerprint density at radius 1 is 1.29 bits per heavy atom. The molecule has 0 fully saturated rings. The number of hydrogen-bond donors (Lipinski definition) is 2. The second-order valence-electron chi connectivity index (χ2n) is 12.3. The number of pyridine rings is 2. The maximum Gasteiger partial charge on any atom is 0.343 e. The van der Waals surface area contributed by atoms with Crippen molar-refractivity contribution in [3.8, 4) is 11.4 Å². The van der Waals surface area contributed by atoms with Gasteiger partial charge in [0, 0.05) is 21.5 Å². The summed E-state index contributed by atoms with van der Waals surface area (Å²) in [6.45, 7) is 11.2. The molecule has 3 atom stereocenters. The second kappa shape index (κ2) is 9.37. The van der Waals surface area contributed by atoms with Crippen molar-refractivity contribution in [3.63, 3.8) is 0 Å². The van der Waals surface area contributed by atoms with E-state index in [2.05, 4.69) is 5.32 Å². The van der Waals surface area contributed by atoms with Crippen LogP contribution in [0.4, 0.5) is 0 Å². The van der Waals surface area contributed by atoms with Gasteiger partial charge in [0.1, 0.15) is 12.7 Å². The van der Waals surface area contributed by atoms with Crippen LogP contribution in [0.5, 0.6) is 0 Å². The first-order chi connectivity index (χ1) is 19.2. The number of halogens is 1. The first-order valence-corrected chi connectivity index (χ1v) is 14.4. The Hall–Kier alpha value is -3.27. The van der Waals surface area contributed by atoms with Crippen LogP contribution >= 0.6 is 11.6 Å². The van der Waals surface area contributed by atoms with Crippen molar-refractivity contribution in [2.45, 2.75) is 97.3 Å². The molecule has 216 valence electrons. The van der Waals surface area contributed by atoms with Gasteiger partial charge < -0.3 is 24.5 Å². The number of nitrogens with zero attached hydrogens (tertiary/aromatic N) is 2. The van der Waals surface area contributed by atoms with E-state index in [0.717, 1.165) is 27.6 Å². The Balaban J connectivity index is 1.56. The highest BCUT2D eigenvalue weighted by Gasteiger charge is 2.46. The maximum absolute atomic E-state index is 13.8. The number of aromatic nitrogens is 2. The largest absolute Gasteiger partial charge is 0.458 e. The number of carbonyl (C=O) groups is 2. The summed E-state index contributed by atoms with van der Waals surface area (Å²) in [4.78, 5) is 44.7. The molecule has 4 heterocycles. The van der Waals surface area contributed by atoms with Crippen LogP contribution in [0.2, 0.25) is 5.02 Å². The standard InChI is InChI=1S/C31H34ClN3O6/c1-7-31(39)19-10-23-26-17(12-35(23)28(37)18(19)13-40-29(31)38)25-21(34-27(36)15(3)41-30(4,5)6)9-8-16-14(2)20(32)11-22(33-26)24(16)25/h10-11,15,21,39H,7-9,12-13H2,1-6H3,(H,34,36)/t15-,21+,31+/m1/s1. The Labute approximate surface area is 242 Å². The van der Waals surface area contributed by atoms with Gasteiger partial charge in [-0.15, -0.1) is 0 Å². The van der Waals surface area contributed by atoms with Crippen molar-refractivity contribution < 1.29 is 24.2 Å². The van der Waals surface area contributed by atoms with E-state index in [9.17, 15) is 19.5 Å². The van der Waals surface area contributed by atoms with Crippen LogP contribution in [0.3, 0.4) is 0 Å². The van der Waals surface area contributed by atoms with Gasteiger partial charge in [0.25, 0.3) is 5.56 Å². The molecule has 2 N–H and O–H groups in total. The molecular weight excluding hydrogens is 546 g/mol. The molecular formula is C31H34ClN3O6. The highest BCUT2D eigenvalue weighted by Crippen LogP contribution is 2.46. The van der Waals surface area contributed by atoms with Crippen molar-refractivity contribution in [1.29, 1.82) is 0 Å². The molecule has 6 rings (SSSR count). The predicted octanol–water partition coefficient (Wildman–Crippen LogP) is 4.35. The zero-order chi connectivity index (χ0) is 29.6. The van der Waals surface area contributed by atoms with Crippen LogP contribution in [0, 0.1) is 6.92 Å². The quantitative estimate of drug-likeness (QED) is 0.345. The van der Waals surface area contributed by atoms with Crippen molar-refractivity contribution in [1.82, 2.24) is 14.9 Å². The fourth-order valence-electron chi connectivity index (χ4n) is 6.57. The number of nitrogens with one attached hydrogen (secondary N) is 1. The zero-order valence-electron chi connectivity index (χ0n) is 24.1. The smallest absolute Gasteiger partial charge is 0.343 e. The second-order valence-corrected chi connectivity index (χ2v) is 12.7. The molecule has 1 aliphatic carbocycles. The van der Waals surface area contributed by atoms with E-state index in [0.29, 0.717) is 34.8 Å². The third-order valence-corrected chi connectivity index (χ3v) is 8.99. The summed E-state index contributed by atoms with van der Waals surface area (Å²) in [7, 11) is 0. The van der Waals surface area contributed by atoms with Crippen LogP contribution in [-0.4, -0.2) is 38.2 Å². The summed E-state index contributed by atoms with van der Waals surface area (Å²) >= 11 is 6.65. The number of aliphatic hydroxyl groups is 1. The average Bonchev–Trinajstić information content (AvgIpc) is 3.28. The minimum absolute atomic E-state index is 0.0617. The number of carbonyl (C=O) groups excluding carboxylic acids is 2. The van der Waals surface area contributed by atoms with Crippen LogP contribution in [0.25, 0.3) is 22.3 Å². The molecule has 2 aromatic heterocycles. The third-order valence-electron chi connectivity index (χ3n) is 8.59. The Bertz CT molecular complexity index is 1720. The topological polar surface area (TPSA) is 120 Å². The van der Waals surface area contributed by atoms with Gasteiger partial charge in [-0.25, -0.2) is 9.78 Å². The molecule has 0 radical (unpaired) electrons. The van der Waals surface area contributed by atoms with Gasteiger partial charge >= 0.3 is 5.97 Å². The number of esters is 1. The Kier molecular flexibility index (Phi) is 6.37. The highest BCUT2D eigenvalue weighted by atomic mass is 35.5. The lowest BCUT2D eigenvalue weighted by Gasteiger charge is -2.32. The van der Waals surface area contributed by atoms with Gasteiger partial charge in [0.2, 0.25) is 5.91 Å². The highest BCUT2D eigenvalue weighted by molar-refractivity contribution is 6.32. The van der Waals surface area contributed by atoms with E-state index in [-0.39, 0.29) is 48.2 Å². The molecule has 0 saturated carbocycles. The van der Waals surface area contributed by atoms with Crippen molar-refractivity contribution in [2.75, 3.05) is 0 Å². The first-order valence-electron chi connectivity index (χ1n) is 14.0. The number of benzene rings is 1. The number of hydrogen-bond acceptors (Lipinski definition) is 7. The number of fused-ring (bicyclic) bond motifs is 5. The molecule has 3 aromatic rings. The molecule has 9 nitrogen and oxygen atoms in total. The molecule has 1 amide bonds. The summed E-state index contributed by atoms with van der Waals surface area (Å²) in [5.41, 5.74) is 3.38. The lowest BCUT2D eigenvalue weighted by Crippen LogP contribution is -2.44. The normalized spacial score (nSPS) is 21.7. The summed E-state index contributed by atoms with van der Waals surface area (Å²) in [5, 5.41) is 16.0. The summed E-state index contributed by atoms with van der Waals surface area (Å²) in [6.07, 6.45) is 0.754. The van der Waals surface area contributed by atoms with Crippen molar-refractivity contribution in [2.24, 2.45) is 0 Å². The summed E-state index contributed by atoms with van der Waals surface area (Å²) < 4.78 is 12.8. The first kappa shape index (κ1) is 27.9. The fourth-order valence-corrected chi connectivity index (χ4v) is 6.79. The van der Waals surface area contributed by atoms with Gasteiger partial charge in [-0.2, -0.15) is 0 Å².